The first-order valence-corrected chi connectivity index (χ1v) is 11.0. The number of anilines is 1. The first-order chi connectivity index (χ1) is 16.2. The van der Waals surface area contributed by atoms with Crippen LogP contribution in [0, 0.1) is 13.8 Å². The summed E-state index contributed by atoms with van der Waals surface area (Å²) in [5, 5.41) is 15.3. The maximum atomic E-state index is 12.7. The van der Waals surface area contributed by atoms with Gasteiger partial charge in [0.1, 0.15) is 5.75 Å². The van der Waals surface area contributed by atoms with Gasteiger partial charge in [0, 0.05) is 18.8 Å². The molecule has 178 valence electrons. The van der Waals surface area contributed by atoms with Crippen molar-refractivity contribution < 1.29 is 19.4 Å². The topological polar surface area (TPSA) is 110 Å². The Hall–Kier alpha value is -4.07. The van der Waals surface area contributed by atoms with E-state index in [9.17, 15) is 19.5 Å². The third kappa shape index (κ3) is 5.64. The largest absolute Gasteiger partial charge is 0.505 e. The first-order valence-electron chi connectivity index (χ1n) is 11.0. The molecule has 0 bridgehead atoms. The molecule has 1 atom stereocenters. The van der Waals surface area contributed by atoms with Gasteiger partial charge in [0.25, 0.3) is 5.56 Å². The van der Waals surface area contributed by atoms with Gasteiger partial charge >= 0.3 is 12.0 Å². The van der Waals surface area contributed by atoms with E-state index in [0.29, 0.717) is 11.3 Å². The standard InChI is InChI=1S/C26H29N3O5/c1-5-34-23(31)15-21(19-12-10-18(11-13-19)20-9-7-6-8-16(20)2)27-26(33)28-24-22(30)14-17(3)29(4)25(24)32/h6-14,21,30H,5,15H2,1-4H3,(H2,27,28,33). The minimum absolute atomic E-state index is 0.0944. The number of carbonyl (C=O) groups is 2. The predicted octanol–water partition coefficient (Wildman–Crippen LogP) is 4.19. The normalized spacial score (nSPS) is 11.5. The Bertz CT molecular complexity index is 1250. The fourth-order valence-corrected chi connectivity index (χ4v) is 3.66. The third-order valence-corrected chi connectivity index (χ3v) is 5.64. The van der Waals surface area contributed by atoms with E-state index < -0.39 is 23.6 Å². The SMILES string of the molecule is CCOC(=O)CC(NC(=O)Nc1c(O)cc(C)n(C)c1=O)c1ccc(-c2ccccc2C)cc1. The van der Waals surface area contributed by atoms with Gasteiger partial charge in [-0.25, -0.2) is 4.79 Å². The van der Waals surface area contributed by atoms with Gasteiger partial charge in [-0.2, -0.15) is 0 Å². The van der Waals surface area contributed by atoms with E-state index in [1.165, 1.54) is 10.6 Å². The summed E-state index contributed by atoms with van der Waals surface area (Å²) in [6.07, 6.45) is -0.0944. The molecule has 3 aromatic rings. The molecule has 1 unspecified atom stereocenters. The van der Waals surface area contributed by atoms with Gasteiger partial charge in [-0.15, -0.1) is 0 Å². The number of pyridine rings is 1. The number of aromatic hydroxyl groups is 1. The molecular formula is C26H29N3O5. The van der Waals surface area contributed by atoms with E-state index in [-0.39, 0.29) is 24.5 Å². The maximum Gasteiger partial charge on any atom is 0.319 e. The second-order valence-corrected chi connectivity index (χ2v) is 8.01. The summed E-state index contributed by atoms with van der Waals surface area (Å²) in [6, 6.07) is 15.5. The Morgan fingerprint density at radius 1 is 1.09 bits per heavy atom. The molecule has 0 saturated heterocycles. The Morgan fingerprint density at radius 3 is 2.41 bits per heavy atom. The van der Waals surface area contributed by atoms with Crippen molar-refractivity contribution in [3.8, 4) is 16.9 Å². The third-order valence-electron chi connectivity index (χ3n) is 5.64. The molecular weight excluding hydrogens is 434 g/mol. The molecule has 0 aliphatic carbocycles. The lowest BCUT2D eigenvalue weighted by Crippen LogP contribution is -2.36. The van der Waals surface area contributed by atoms with Gasteiger partial charge in [-0.3, -0.25) is 9.59 Å². The molecule has 8 heteroatoms. The van der Waals surface area contributed by atoms with Crippen LogP contribution in [0.5, 0.6) is 5.75 Å². The predicted molar refractivity (Wildman–Crippen MR) is 131 cm³/mol. The molecule has 0 saturated carbocycles. The summed E-state index contributed by atoms with van der Waals surface area (Å²) in [4.78, 5) is 37.4. The number of aromatic nitrogens is 1. The van der Waals surface area contributed by atoms with Crippen LogP contribution in [0.1, 0.15) is 36.2 Å². The molecule has 34 heavy (non-hydrogen) atoms. The quantitative estimate of drug-likeness (QED) is 0.455. The average molecular weight is 464 g/mol. The molecule has 0 radical (unpaired) electrons. The zero-order valence-corrected chi connectivity index (χ0v) is 19.7. The van der Waals surface area contributed by atoms with Crippen LogP contribution < -0.4 is 16.2 Å². The van der Waals surface area contributed by atoms with Crippen LogP contribution in [-0.2, 0) is 16.6 Å². The van der Waals surface area contributed by atoms with Crippen molar-refractivity contribution in [1.29, 1.82) is 0 Å². The highest BCUT2D eigenvalue weighted by molar-refractivity contribution is 5.91. The molecule has 3 N–H and O–H groups in total. The number of hydrogen-bond acceptors (Lipinski definition) is 5. The maximum absolute atomic E-state index is 12.7. The van der Waals surface area contributed by atoms with Crippen molar-refractivity contribution in [2.45, 2.75) is 33.2 Å². The Morgan fingerprint density at radius 2 is 1.76 bits per heavy atom. The summed E-state index contributed by atoms with van der Waals surface area (Å²) in [5.74, 6) is -0.801. The Labute approximate surface area is 198 Å². The van der Waals surface area contributed by atoms with Gasteiger partial charge in [0.15, 0.2) is 5.69 Å². The highest BCUT2D eigenvalue weighted by atomic mass is 16.5. The van der Waals surface area contributed by atoms with Crippen molar-refractivity contribution >= 4 is 17.7 Å². The van der Waals surface area contributed by atoms with Crippen LogP contribution in [0.2, 0.25) is 0 Å². The number of rotatable bonds is 7. The number of esters is 1. The lowest BCUT2D eigenvalue weighted by molar-refractivity contribution is -0.143. The fraction of sp³-hybridized carbons (Fsp3) is 0.269. The van der Waals surface area contributed by atoms with Gasteiger partial charge in [-0.1, -0.05) is 48.5 Å². The average Bonchev–Trinajstić information content (AvgIpc) is 2.81. The van der Waals surface area contributed by atoms with E-state index in [1.807, 2.05) is 55.5 Å². The highest BCUT2D eigenvalue weighted by Gasteiger charge is 2.21. The molecule has 0 aliphatic heterocycles. The summed E-state index contributed by atoms with van der Waals surface area (Å²) in [5.41, 5.74) is 3.69. The van der Waals surface area contributed by atoms with Crippen molar-refractivity contribution in [3.05, 3.63) is 81.8 Å². The first kappa shape index (κ1) is 24.6. The number of nitrogens with zero attached hydrogens (tertiary/aromatic N) is 1. The van der Waals surface area contributed by atoms with E-state index >= 15 is 0 Å². The summed E-state index contributed by atoms with van der Waals surface area (Å²) in [6.45, 7) is 5.63. The molecule has 0 fully saturated rings. The van der Waals surface area contributed by atoms with E-state index in [2.05, 4.69) is 10.6 Å². The van der Waals surface area contributed by atoms with Gasteiger partial charge in [-0.05, 0) is 43.0 Å². The van der Waals surface area contributed by atoms with Gasteiger partial charge in [0.05, 0.1) is 19.1 Å². The highest BCUT2D eigenvalue weighted by Crippen LogP contribution is 2.26. The lowest BCUT2D eigenvalue weighted by Gasteiger charge is -2.20. The van der Waals surface area contributed by atoms with Crippen LogP contribution >= 0.6 is 0 Å². The number of nitrogens with one attached hydrogen (secondary N) is 2. The minimum atomic E-state index is -0.728. The van der Waals surface area contributed by atoms with Crippen molar-refractivity contribution in [2.75, 3.05) is 11.9 Å². The zero-order valence-electron chi connectivity index (χ0n) is 19.7. The molecule has 2 amide bonds. The molecule has 1 heterocycles. The smallest absolute Gasteiger partial charge is 0.319 e. The molecule has 3 rings (SSSR count). The van der Waals surface area contributed by atoms with Gasteiger partial charge < -0.3 is 25.0 Å². The van der Waals surface area contributed by atoms with E-state index in [0.717, 1.165) is 16.7 Å². The summed E-state index contributed by atoms with van der Waals surface area (Å²) in [7, 11) is 1.54. The number of carbonyl (C=O) groups excluding carboxylic acids is 2. The van der Waals surface area contributed by atoms with Crippen LogP contribution in [0.15, 0.2) is 59.4 Å². The number of benzene rings is 2. The number of amides is 2. The number of ether oxygens (including phenoxy) is 1. The van der Waals surface area contributed by atoms with E-state index in [1.54, 1.807) is 20.9 Å². The molecule has 0 aliphatic rings. The second-order valence-electron chi connectivity index (χ2n) is 8.01. The number of urea groups is 1. The van der Waals surface area contributed by atoms with E-state index in [4.69, 9.17) is 4.74 Å². The molecule has 1 aromatic heterocycles. The molecule has 8 nitrogen and oxygen atoms in total. The lowest BCUT2D eigenvalue weighted by atomic mass is 9.97. The number of aryl methyl sites for hydroxylation is 2. The summed E-state index contributed by atoms with van der Waals surface area (Å²) >= 11 is 0. The Balaban J connectivity index is 1.85. The molecule has 2 aromatic carbocycles. The monoisotopic (exact) mass is 463 g/mol. The fourth-order valence-electron chi connectivity index (χ4n) is 3.66. The van der Waals surface area contributed by atoms with Crippen molar-refractivity contribution in [2.24, 2.45) is 7.05 Å². The summed E-state index contributed by atoms with van der Waals surface area (Å²) < 4.78 is 6.38. The Kier molecular flexibility index (Phi) is 7.73. The van der Waals surface area contributed by atoms with Crippen molar-refractivity contribution in [3.63, 3.8) is 0 Å². The zero-order chi connectivity index (χ0) is 24.8. The van der Waals surface area contributed by atoms with Crippen LogP contribution in [0.4, 0.5) is 10.5 Å². The second kappa shape index (κ2) is 10.7. The van der Waals surface area contributed by atoms with Crippen LogP contribution in [0.3, 0.4) is 0 Å². The number of hydrogen-bond donors (Lipinski definition) is 3. The van der Waals surface area contributed by atoms with Crippen LogP contribution in [-0.4, -0.2) is 28.3 Å². The van der Waals surface area contributed by atoms with Crippen LogP contribution in [0.25, 0.3) is 11.1 Å². The molecule has 0 spiro atoms. The minimum Gasteiger partial charge on any atom is -0.505 e. The van der Waals surface area contributed by atoms with Gasteiger partial charge in [0.2, 0.25) is 0 Å². The van der Waals surface area contributed by atoms with Crippen molar-refractivity contribution in [1.82, 2.24) is 9.88 Å².